The molecule has 2 rings (SSSR count). The van der Waals surface area contributed by atoms with Gasteiger partial charge in [0.2, 0.25) is 0 Å². The fourth-order valence-electron chi connectivity index (χ4n) is 3.51. The maximum Gasteiger partial charge on any atom is 0.303 e. The van der Waals surface area contributed by atoms with Crippen molar-refractivity contribution >= 4 is 11.8 Å². The second-order valence-corrected chi connectivity index (χ2v) is 6.52. The Kier molecular flexibility index (Phi) is 4.38. The third kappa shape index (κ3) is 3.10. The first-order valence-electron chi connectivity index (χ1n) is 7.52. The molecule has 0 saturated carbocycles. The first-order valence-corrected chi connectivity index (χ1v) is 7.52. The highest BCUT2D eigenvalue weighted by Gasteiger charge is 2.40. The van der Waals surface area contributed by atoms with E-state index < -0.39 is 18.2 Å². The second-order valence-electron chi connectivity index (χ2n) is 6.52. The van der Waals surface area contributed by atoms with E-state index >= 15 is 0 Å². The van der Waals surface area contributed by atoms with Crippen LogP contribution in [0.3, 0.4) is 0 Å². The van der Waals surface area contributed by atoms with Crippen LogP contribution in [0.1, 0.15) is 47.0 Å². The van der Waals surface area contributed by atoms with E-state index in [1.54, 1.807) is 0 Å². The number of esters is 1. The SMILES string of the molecule is CC(=O)OC1C(=O)CCC2=CC(O)CC(C)C2(C)C=C1C. The van der Waals surface area contributed by atoms with Gasteiger partial charge in [0, 0.05) is 18.8 Å². The summed E-state index contributed by atoms with van der Waals surface area (Å²) >= 11 is 0. The fraction of sp³-hybridized carbons (Fsp3) is 0.647. The summed E-state index contributed by atoms with van der Waals surface area (Å²) < 4.78 is 5.21. The number of fused-ring (bicyclic) bond motifs is 1. The minimum absolute atomic E-state index is 0.0744. The van der Waals surface area contributed by atoms with Crippen molar-refractivity contribution in [2.75, 3.05) is 0 Å². The molecule has 0 spiro atoms. The molecule has 116 valence electrons. The van der Waals surface area contributed by atoms with Gasteiger partial charge in [0.1, 0.15) is 0 Å². The van der Waals surface area contributed by atoms with Crippen molar-refractivity contribution < 1.29 is 19.4 Å². The minimum atomic E-state index is -0.764. The molecule has 0 aliphatic heterocycles. The smallest absolute Gasteiger partial charge is 0.303 e. The quantitative estimate of drug-likeness (QED) is 0.596. The predicted molar refractivity (Wildman–Crippen MR) is 79.5 cm³/mol. The van der Waals surface area contributed by atoms with Crippen molar-refractivity contribution in [3.8, 4) is 0 Å². The summed E-state index contributed by atoms with van der Waals surface area (Å²) in [4.78, 5) is 23.5. The normalized spacial score (nSPS) is 36.8. The number of carbonyl (C=O) groups is 2. The van der Waals surface area contributed by atoms with Crippen LogP contribution in [-0.4, -0.2) is 29.1 Å². The highest BCUT2D eigenvalue weighted by Crippen LogP contribution is 2.47. The van der Waals surface area contributed by atoms with E-state index in [4.69, 9.17) is 4.74 Å². The second kappa shape index (κ2) is 5.76. The van der Waals surface area contributed by atoms with Crippen LogP contribution in [0.2, 0.25) is 0 Å². The van der Waals surface area contributed by atoms with Gasteiger partial charge in [0.25, 0.3) is 0 Å². The summed E-state index contributed by atoms with van der Waals surface area (Å²) in [5.41, 5.74) is 1.71. The predicted octanol–water partition coefficient (Wildman–Crippen LogP) is 2.56. The zero-order chi connectivity index (χ0) is 15.8. The molecule has 21 heavy (non-hydrogen) atoms. The summed E-state index contributed by atoms with van der Waals surface area (Å²) in [5, 5.41) is 9.95. The van der Waals surface area contributed by atoms with Crippen LogP contribution in [0.4, 0.5) is 0 Å². The lowest BCUT2D eigenvalue weighted by Crippen LogP contribution is -2.38. The average molecular weight is 292 g/mol. The molecule has 4 nitrogen and oxygen atoms in total. The van der Waals surface area contributed by atoms with E-state index in [2.05, 4.69) is 19.9 Å². The molecule has 0 fully saturated rings. The molecule has 4 unspecified atom stereocenters. The van der Waals surface area contributed by atoms with Crippen LogP contribution in [0, 0.1) is 11.3 Å². The number of ketones is 1. The lowest BCUT2D eigenvalue weighted by molar-refractivity contribution is -0.150. The molecule has 0 radical (unpaired) electrons. The highest BCUT2D eigenvalue weighted by atomic mass is 16.5. The standard InChI is InChI=1S/C17H24O4/c1-10-9-17(4)11(2)7-14(19)8-13(17)5-6-15(20)16(10)21-12(3)18/h8-9,11,14,16,19H,5-7H2,1-4H3. The number of carbonyl (C=O) groups excluding carboxylic acids is 2. The molecule has 2 aliphatic rings. The summed E-state index contributed by atoms with van der Waals surface area (Å²) in [6, 6.07) is 0. The Morgan fingerprint density at radius 3 is 2.71 bits per heavy atom. The van der Waals surface area contributed by atoms with Crippen molar-refractivity contribution in [3.63, 3.8) is 0 Å². The fourth-order valence-corrected chi connectivity index (χ4v) is 3.51. The molecular formula is C17H24O4. The van der Waals surface area contributed by atoms with Gasteiger partial charge in [-0.25, -0.2) is 0 Å². The van der Waals surface area contributed by atoms with Gasteiger partial charge < -0.3 is 9.84 Å². The topological polar surface area (TPSA) is 63.6 Å². The Morgan fingerprint density at radius 1 is 1.43 bits per heavy atom. The van der Waals surface area contributed by atoms with Crippen molar-refractivity contribution in [2.24, 2.45) is 11.3 Å². The summed E-state index contributed by atoms with van der Waals surface area (Å²) in [6.07, 6.45) is 4.40. The lowest BCUT2D eigenvalue weighted by atomic mass is 9.63. The summed E-state index contributed by atoms with van der Waals surface area (Å²) in [6.45, 7) is 7.42. The number of rotatable bonds is 1. The molecular weight excluding hydrogens is 268 g/mol. The Bertz CT molecular complexity index is 517. The van der Waals surface area contributed by atoms with Gasteiger partial charge in [0.05, 0.1) is 6.10 Å². The maximum atomic E-state index is 12.2. The van der Waals surface area contributed by atoms with Crippen LogP contribution in [0.5, 0.6) is 0 Å². The highest BCUT2D eigenvalue weighted by molar-refractivity contribution is 5.88. The van der Waals surface area contributed by atoms with Gasteiger partial charge in [0.15, 0.2) is 11.9 Å². The number of hydrogen-bond acceptors (Lipinski definition) is 4. The number of allylic oxidation sites excluding steroid dienone is 2. The van der Waals surface area contributed by atoms with E-state index in [1.807, 2.05) is 13.0 Å². The molecule has 0 amide bonds. The Morgan fingerprint density at radius 2 is 2.10 bits per heavy atom. The Labute approximate surface area is 125 Å². The molecule has 4 atom stereocenters. The maximum absolute atomic E-state index is 12.2. The first-order chi connectivity index (χ1) is 9.74. The van der Waals surface area contributed by atoms with Crippen LogP contribution < -0.4 is 0 Å². The van der Waals surface area contributed by atoms with Gasteiger partial charge in [-0.15, -0.1) is 0 Å². The van der Waals surface area contributed by atoms with Gasteiger partial charge in [-0.05, 0) is 31.3 Å². The molecule has 0 bridgehead atoms. The van der Waals surface area contributed by atoms with E-state index in [1.165, 1.54) is 6.92 Å². The van der Waals surface area contributed by atoms with Crippen molar-refractivity contribution in [1.82, 2.24) is 0 Å². The van der Waals surface area contributed by atoms with Gasteiger partial charge >= 0.3 is 5.97 Å². The number of Topliss-reactive ketones (excluding diaryl/α,β-unsaturated/α-hetero) is 1. The molecule has 1 N–H and O–H groups in total. The van der Waals surface area contributed by atoms with Gasteiger partial charge in [-0.2, -0.15) is 0 Å². The van der Waals surface area contributed by atoms with E-state index in [9.17, 15) is 14.7 Å². The summed E-state index contributed by atoms with van der Waals surface area (Å²) in [5.74, 6) is -0.238. The van der Waals surface area contributed by atoms with Crippen LogP contribution in [-0.2, 0) is 14.3 Å². The van der Waals surface area contributed by atoms with Crippen LogP contribution in [0.15, 0.2) is 23.3 Å². The molecule has 2 aliphatic carbocycles. The molecule has 0 heterocycles. The zero-order valence-electron chi connectivity index (χ0n) is 13.2. The van der Waals surface area contributed by atoms with Gasteiger partial charge in [-0.3, -0.25) is 9.59 Å². The van der Waals surface area contributed by atoms with Crippen LogP contribution in [0.25, 0.3) is 0 Å². The molecule has 0 saturated heterocycles. The third-order valence-electron chi connectivity index (χ3n) is 4.86. The molecule has 0 aromatic rings. The van der Waals surface area contributed by atoms with E-state index in [-0.39, 0.29) is 17.1 Å². The average Bonchev–Trinajstić information content (AvgIpc) is 2.37. The number of hydrogen-bond donors (Lipinski definition) is 1. The van der Waals surface area contributed by atoms with E-state index in [0.717, 1.165) is 11.1 Å². The number of aliphatic hydroxyl groups excluding tert-OH is 1. The Hall–Kier alpha value is -1.42. The van der Waals surface area contributed by atoms with Crippen molar-refractivity contribution in [3.05, 3.63) is 23.3 Å². The summed E-state index contributed by atoms with van der Waals surface area (Å²) in [7, 11) is 0. The number of ether oxygens (including phenoxy) is 1. The lowest BCUT2D eigenvalue weighted by Gasteiger charge is -2.42. The Balaban J connectivity index is 2.45. The molecule has 0 aromatic carbocycles. The number of aliphatic hydroxyl groups is 1. The van der Waals surface area contributed by atoms with E-state index in [0.29, 0.717) is 19.3 Å². The zero-order valence-corrected chi connectivity index (χ0v) is 13.2. The molecule has 4 heteroatoms. The largest absolute Gasteiger partial charge is 0.450 e. The minimum Gasteiger partial charge on any atom is -0.450 e. The van der Waals surface area contributed by atoms with Gasteiger partial charge in [-0.1, -0.05) is 31.6 Å². The molecule has 0 aromatic heterocycles. The monoisotopic (exact) mass is 292 g/mol. The van der Waals surface area contributed by atoms with Crippen molar-refractivity contribution in [1.29, 1.82) is 0 Å². The third-order valence-corrected chi connectivity index (χ3v) is 4.86. The first kappa shape index (κ1) is 16.0. The van der Waals surface area contributed by atoms with Crippen LogP contribution >= 0.6 is 0 Å². The van der Waals surface area contributed by atoms with Crippen molar-refractivity contribution in [2.45, 2.75) is 59.2 Å².